The summed E-state index contributed by atoms with van der Waals surface area (Å²) in [5.74, 6) is -0.539. The minimum absolute atomic E-state index is 0.134. The van der Waals surface area contributed by atoms with E-state index >= 15 is 0 Å². The number of hydrogen-bond donors (Lipinski definition) is 2. The van der Waals surface area contributed by atoms with E-state index in [-0.39, 0.29) is 11.7 Å². The molecule has 0 fully saturated rings. The highest BCUT2D eigenvalue weighted by Gasteiger charge is 2.18. The first-order valence-corrected chi connectivity index (χ1v) is 11.9. The highest BCUT2D eigenvalue weighted by Crippen LogP contribution is 2.28. The molecule has 1 atom stereocenters. The van der Waals surface area contributed by atoms with E-state index in [1.807, 2.05) is 18.2 Å². The van der Waals surface area contributed by atoms with Crippen LogP contribution in [0, 0.1) is 0 Å². The summed E-state index contributed by atoms with van der Waals surface area (Å²) in [6.45, 7) is 2.27. The molecule has 5 nitrogen and oxygen atoms in total. The summed E-state index contributed by atoms with van der Waals surface area (Å²) in [7, 11) is 0. The van der Waals surface area contributed by atoms with Gasteiger partial charge in [0, 0.05) is 11.5 Å². The summed E-state index contributed by atoms with van der Waals surface area (Å²) in [6, 6.07) is 10.5. The first-order valence-electron chi connectivity index (χ1n) is 11.2. The van der Waals surface area contributed by atoms with Crippen LogP contribution in [0.5, 0.6) is 0 Å². The van der Waals surface area contributed by atoms with Crippen molar-refractivity contribution in [2.24, 2.45) is 5.73 Å². The summed E-state index contributed by atoms with van der Waals surface area (Å²) in [5.41, 5.74) is 6.85. The molecular weight excluding hydrogens is 380 g/mol. The SMILES string of the molecule is CCCCCCCCCCCCCC(Nc1snnc1C(N)=O)c1ccccc1. The zero-order valence-electron chi connectivity index (χ0n) is 17.7. The number of primary amides is 1. The number of nitrogens with two attached hydrogens (primary N) is 1. The Bertz CT molecular complexity index is 689. The van der Waals surface area contributed by atoms with Crippen LogP contribution < -0.4 is 11.1 Å². The summed E-state index contributed by atoms with van der Waals surface area (Å²) >= 11 is 1.19. The van der Waals surface area contributed by atoms with Gasteiger partial charge in [0.15, 0.2) is 5.69 Å². The Balaban J connectivity index is 1.72. The normalized spacial score (nSPS) is 12.0. The lowest BCUT2D eigenvalue weighted by Crippen LogP contribution is -2.16. The first kappa shape index (κ1) is 23.3. The number of nitrogens with one attached hydrogen (secondary N) is 1. The van der Waals surface area contributed by atoms with Crippen LogP contribution in [-0.4, -0.2) is 15.5 Å². The van der Waals surface area contributed by atoms with Gasteiger partial charge in [-0.15, -0.1) is 5.10 Å². The van der Waals surface area contributed by atoms with Crippen molar-refractivity contribution in [3.63, 3.8) is 0 Å². The van der Waals surface area contributed by atoms with E-state index in [1.165, 1.54) is 81.3 Å². The quantitative estimate of drug-likeness (QED) is 0.306. The van der Waals surface area contributed by atoms with E-state index < -0.39 is 5.91 Å². The fourth-order valence-corrected chi connectivity index (χ4v) is 4.25. The molecule has 29 heavy (non-hydrogen) atoms. The van der Waals surface area contributed by atoms with Crippen molar-refractivity contribution in [3.05, 3.63) is 41.6 Å². The van der Waals surface area contributed by atoms with Gasteiger partial charge in [-0.05, 0) is 12.0 Å². The Morgan fingerprint density at radius 2 is 1.55 bits per heavy atom. The van der Waals surface area contributed by atoms with Gasteiger partial charge >= 0.3 is 0 Å². The molecular formula is C23H36N4OS. The van der Waals surface area contributed by atoms with Crippen molar-refractivity contribution >= 4 is 22.4 Å². The van der Waals surface area contributed by atoms with Crippen molar-refractivity contribution in [3.8, 4) is 0 Å². The summed E-state index contributed by atoms with van der Waals surface area (Å²) in [4.78, 5) is 11.5. The molecule has 1 aromatic carbocycles. The lowest BCUT2D eigenvalue weighted by molar-refractivity contribution is 0.0996. The molecule has 0 spiro atoms. The molecule has 160 valence electrons. The number of nitrogens with zero attached hydrogens (tertiary/aromatic N) is 2. The highest BCUT2D eigenvalue weighted by atomic mass is 32.1. The second kappa shape index (κ2) is 14.1. The maximum Gasteiger partial charge on any atom is 0.272 e. The van der Waals surface area contributed by atoms with E-state index in [2.05, 4.69) is 34.0 Å². The standard InChI is InChI=1S/C23H36N4OS/c1-2-3-4-5-6-7-8-9-10-11-15-18-20(19-16-13-12-14-17-19)25-23-21(22(24)28)26-27-29-23/h12-14,16-17,20,25H,2-11,15,18H2,1H3,(H2,24,28). The molecule has 1 aromatic heterocycles. The number of amides is 1. The van der Waals surface area contributed by atoms with E-state index in [9.17, 15) is 4.79 Å². The summed E-state index contributed by atoms with van der Waals surface area (Å²) in [6.07, 6.45) is 15.7. The zero-order valence-corrected chi connectivity index (χ0v) is 18.6. The number of carbonyl (C=O) groups excluding carboxylic acids is 1. The monoisotopic (exact) mass is 416 g/mol. The third kappa shape index (κ3) is 8.94. The van der Waals surface area contributed by atoms with E-state index in [1.54, 1.807) is 0 Å². The molecule has 6 heteroatoms. The fourth-order valence-electron chi connectivity index (χ4n) is 3.63. The second-order valence-corrected chi connectivity index (χ2v) is 8.50. The van der Waals surface area contributed by atoms with Crippen LogP contribution in [0.2, 0.25) is 0 Å². The van der Waals surface area contributed by atoms with Gasteiger partial charge in [0.25, 0.3) is 5.91 Å². The van der Waals surface area contributed by atoms with Gasteiger partial charge in [0.1, 0.15) is 5.00 Å². The zero-order chi connectivity index (χ0) is 20.7. The molecule has 3 N–H and O–H groups in total. The molecule has 1 unspecified atom stereocenters. The van der Waals surface area contributed by atoms with E-state index in [4.69, 9.17) is 5.73 Å². The number of carbonyl (C=O) groups is 1. The van der Waals surface area contributed by atoms with Crippen molar-refractivity contribution in [2.75, 3.05) is 5.32 Å². The van der Waals surface area contributed by atoms with Gasteiger partial charge < -0.3 is 11.1 Å². The average Bonchev–Trinajstić information content (AvgIpc) is 3.20. The molecule has 0 aliphatic heterocycles. The lowest BCUT2D eigenvalue weighted by atomic mass is 9.99. The molecule has 2 aromatic rings. The van der Waals surface area contributed by atoms with Gasteiger partial charge in [-0.3, -0.25) is 4.79 Å². The lowest BCUT2D eigenvalue weighted by Gasteiger charge is -2.19. The summed E-state index contributed by atoms with van der Waals surface area (Å²) in [5, 5.41) is 7.97. The minimum atomic E-state index is -0.539. The largest absolute Gasteiger partial charge is 0.367 e. The van der Waals surface area contributed by atoms with Gasteiger partial charge in [0.05, 0.1) is 6.04 Å². The van der Waals surface area contributed by atoms with Crippen molar-refractivity contribution in [2.45, 2.75) is 90.0 Å². The molecule has 0 bridgehead atoms. The molecule has 0 saturated carbocycles. The Morgan fingerprint density at radius 3 is 2.14 bits per heavy atom. The predicted molar refractivity (Wildman–Crippen MR) is 122 cm³/mol. The molecule has 1 amide bonds. The number of anilines is 1. The van der Waals surface area contributed by atoms with Gasteiger partial charge in [0.2, 0.25) is 0 Å². The minimum Gasteiger partial charge on any atom is -0.367 e. The smallest absolute Gasteiger partial charge is 0.272 e. The van der Waals surface area contributed by atoms with Crippen molar-refractivity contribution in [1.29, 1.82) is 0 Å². The number of aromatic nitrogens is 2. The Labute approximate surface area is 179 Å². The molecule has 0 aliphatic carbocycles. The Morgan fingerprint density at radius 1 is 0.966 bits per heavy atom. The van der Waals surface area contributed by atoms with Crippen LogP contribution in [0.25, 0.3) is 0 Å². The summed E-state index contributed by atoms with van der Waals surface area (Å²) < 4.78 is 3.88. The molecule has 1 heterocycles. The first-order chi connectivity index (χ1) is 14.2. The third-order valence-electron chi connectivity index (χ3n) is 5.33. The third-order valence-corrected chi connectivity index (χ3v) is 5.98. The van der Waals surface area contributed by atoms with Crippen LogP contribution >= 0.6 is 11.5 Å². The van der Waals surface area contributed by atoms with Gasteiger partial charge in [-0.2, -0.15) is 0 Å². The number of benzene rings is 1. The number of hydrogen-bond acceptors (Lipinski definition) is 5. The molecule has 0 aliphatic rings. The van der Waals surface area contributed by atoms with E-state index in [0.29, 0.717) is 5.00 Å². The number of rotatable bonds is 16. The Hall–Kier alpha value is -1.95. The molecule has 0 radical (unpaired) electrons. The average molecular weight is 417 g/mol. The number of unbranched alkanes of at least 4 members (excludes halogenated alkanes) is 10. The van der Waals surface area contributed by atoms with Crippen molar-refractivity contribution < 1.29 is 4.79 Å². The van der Waals surface area contributed by atoms with Crippen LogP contribution in [-0.2, 0) is 0 Å². The topological polar surface area (TPSA) is 80.9 Å². The Kier molecular flexibility index (Phi) is 11.3. The van der Waals surface area contributed by atoms with Gasteiger partial charge in [-0.25, -0.2) is 0 Å². The van der Waals surface area contributed by atoms with Crippen LogP contribution in [0.4, 0.5) is 5.00 Å². The predicted octanol–water partition coefficient (Wildman–Crippen LogP) is 6.49. The van der Waals surface area contributed by atoms with Crippen LogP contribution in [0.3, 0.4) is 0 Å². The van der Waals surface area contributed by atoms with Crippen LogP contribution in [0.1, 0.15) is 106 Å². The fraction of sp³-hybridized carbons (Fsp3) is 0.609. The second-order valence-electron chi connectivity index (χ2n) is 7.75. The van der Waals surface area contributed by atoms with Crippen molar-refractivity contribution in [1.82, 2.24) is 9.59 Å². The van der Waals surface area contributed by atoms with E-state index in [0.717, 1.165) is 12.8 Å². The van der Waals surface area contributed by atoms with Gasteiger partial charge in [-0.1, -0.05) is 112 Å². The highest BCUT2D eigenvalue weighted by molar-refractivity contribution is 7.10. The maximum atomic E-state index is 11.5. The molecule has 2 rings (SSSR count). The molecule has 0 saturated heterocycles. The maximum absolute atomic E-state index is 11.5. The van der Waals surface area contributed by atoms with Crippen LogP contribution in [0.15, 0.2) is 30.3 Å².